The van der Waals surface area contributed by atoms with E-state index in [1.807, 2.05) is 11.8 Å². The Bertz CT molecular complexity index is 277. The van der Waals surface area contributed by atoms with Crippen LogP contribution in [0, 0.1) is 5.41 Å². The zero-order valence-corrected chi connectivity index (χ0v) is 11.8. The molecule has 0 spiro atoms. The third-order valence-electron chi connectivity index (χ3n) is 3.88. The Morgan fingerprint density at radius 1 is 1.53 bits per heavy atom. The van der Waals surface area contributed by atoms with Gasteiger partial charge in [0.05, 0.1) is 0 Å². The maximum atomic E-state index is 5.17. The molecule has 2 fully saturated rings. The molecule has 3 nitrogen and oxygen atoms in total. The molecule has 0 aromatic rings. The van der Waals surface area contributed by atoms with Crippen LogP contribution in [-0.2, 0) is 4.74 Å². The van der Waals surface area contributed by atoms with E-state index in [2.05, 4.69) is 12.2 Å². The first kappa shape index (κ1) is 13.2. The van der Waals surface area contributed by atoms with Crippen molar-refractivity contribution in [1.29, 1.82) is 0 Å². The monoisotopic (exact) mass is 256 g/mol. The molecule has 17 heavy (non-hydrogen) atoms. The minimum atomic E-state index is 0.477. The fraction of sp³-hybridized carbons (Fsp3) is 0.923. The summed E-state index contributed by atoms with van der Waals surface area (Å²) in [4.78, 5) is 4.78. The molecule has 1 aliphatic heterocycles. The lowest BCUT2D eigenvalue weighted by atomic mass is 10.0. The van der Waals surface area contributed by atoms with E-state index in [9.17, 15) is 0 Å². The summed E-state index contributed by atoms with van der Waals surface area (Å²) in [6.07, 6.45) is 6.30. The Hall–Kier alpha value is -0.220. The van der Waals surface area contributed by atoms with Gasteiger partial charge in [0.1, 0.15) is 0 Å². The average Bonchev–Trinajstić information content (AvgIpc) is 3.15. The predicted octanol–water partition coefficient (Wildman–Crippen LogP) is 2.66. The number of hydrogen-bond acceptors (Lipinski definition) is 3. The molecule has 1 unspecified atom stereocenters. The van der Waals surface area contributed by atoms with Crippen LogP contribution in [0.2, 0.25) is 0 Å². The summed E-state index contributed by atoms with van der Waals surface area (Å²) in [6, 6.07) is 0.643. The Labute approximate surface area is 109 Å². The Balaban J connectivity index is 1.79. The van der Waals surface area contributed by atoms with Crippen LogP contribution in [0.15, 0.2) is 4.99 Å². The van der Waals surface area contributed by atoms with Crippen LogP contribution >= 0.6 is 11.8 Å². The lowest BCUT2D eigenvalue weighted by Crippen LogP contribution is -2.37. The van der Waals surface area contributed by atoms with E-state index >= 15 is 0 Å². The largest absolute Gasteiger partial charge is 0.385 e. The number of amidine groups is 1. The van der Waals surface area contributed by atoms with E-state index in [0.29, 0.717) is 11.5 Å². The molecule has 0 amide bonds. The highest BCUT2D eigenvalue weighted by molar-refractivity contribution is 8.13. The molecule has 2 rings (SSSR count). The smallest absolute Gasteiger partial charge is 0.156 e. The fourth-order valence-electron chi connectivity index (χ4n) is 2.21. The molecular weight excluding hydrogens is 232 g/mol. The molecule has 4 heteroatoms. The van der Waals surface area contributed by atoms with E-state index in [4.69, 9.17) is 9.73 Å². The molecule has 0 aromatic heterocycles. The minimum Gasteiger partial charge on any atom is -0.385 e. The zero-order valence-electron chi connectivity index (χ0n) is 11.0. The van der Waals surface area contributed by atoms with Gasteiger partial charge in [-0.3, -0.25) is 4.99 Å². The first-order valence-electron chi connectivity index (χ1n) is 6.71. The standard InChI is InChI=1S/C13H24N2OS/c1-3-11-4-9-17-12(15-11)14-10-13(5-6-13)7-8-16-2/h11H,3-10H2,1-2H3,(H,14,15). The van der Waals surface area contributed by atoms with E-state index in [0.717, 1.165) is 13.2 Å². The molecule has 0 aromatic carbocycles. The van der Waals surface area contributed by atoms with Gasteiger partial charge in [-0.15, -0.1) is 0 Å². The van der Waals surface area contributed by atoms with Crippen LogP contribution in [0.4, 0.5) is 0 Å². The molecule has 0 radical (unpaired) electrons. The van der Waals surface area contributed by atoms with Gasteiger partial charge in [-0.25, -0.2) is 0 Å². The summed E-state index contributed by atoms with van der Waals surface area (Å²) in [7, 11) is 1.78. The maximum Gasteiger partial charge on any atom is 0.156 e. The number of rotatable bonds is 6. The molecule has 1 aliphatic carbocycles. The summed E-state index contributed by atoms with van der Waals surface area (Å²) in [5.41, 5.74) is 0.477. The van der Waals surface area contributed by atoms with Gasteiger partial charge < -0.3 is 10.1 Å². The molecule has 1 saturated carbocycles. The van der Waals surface area contributed by atoms with Crippen molar-refractivity contribution in [2.45, 2.75) is 45.1 Å². The van der Waals surface area contributed by atoms with Crippen LogP contribution in [0.3, 0.4) is 0 Å². The van der Waals surface area contributed by atoms with Gasteiger partial charge in [-0.2, -0.15) is 0 Å². The third-order valence-corrected chi connectivity index (χ3v) is 4.84. The normalized spacial score (nSPS) is 29.1. The van der Waals surface area contributed by atoms with Gasteiger partial charge >= 0.3 is 0 Å². The second-order valence-electron chi connectivity index (χ2n) is 5.25. The Morgan fingerprint density at radius 2 is 2.35 bits per heavy atom. The quantitative estimate of drug-likeness (QED) is 0.793. The summed E-state index contributed by atoms with van der Waals surface area (Å²) >= 11 is 1.88. The number of ether oxygens (including phenoxy) is 1. The number of nitrogens with one attached hydrogen (secondary N) is 1. The molecule has 1 saturated heterocycles. The molecule has 2 aliphatic rings. The molecule has 98 valence electrons. The molecule has 1 atom stereocenters. The Kier molecular flexibility index (Phi) is 4.74. The topological polar surface area (TPSA) is 33.6 Å². The van der Waals surface area contributed by atoms with Crippen LogP contribution < -0.4 is 5.32 Å². The van der Waals surface area contributed by atoms with Gasteiger partial charge in [-0.05, 0) is 37.5 Å². The van der Waals surface area contributed by atoms with Gasteiger partial charge in [0.25, 0.3) is 0 Å². The van der Waals surface area contributed by atoms with Gasteiger partial charge in [0.2, 0.25) is 0 Å². The van der Waals surface area contributed by atoms with Crippen LogP contribution in [0.5, 0.6) is 0 Å². The molecule has 1 N–H and O–H groups in total. The molecular formula is C13H24N2OS. The van der Waals surface area contributed by atoms with E-state index in [-0.39, 0.29) is 0 Å². The number of methoxy groups -OCH3 is 1. The van der Waals surface area contributed by atoms with Crippen LogP contribution in [0.1, 0.15) is 39.0 Å². The maximum absolute atomic E-state index is 5.17. The lowest BCUT2D eigenvalue weighted by molar-refractivity contribution is 0.174. The summed E-state index contributed by atoms with van der Waals surface area (Å²) in [5, 5.41) is 4.71. The second kappa shape index (κ2) is 6.10. The Morgan fingerprint density at radius 3 is 3.00 bits per heavy atom. The number of nitrogens with zero attached hydrogens (tertiary/aromatic N) is 1. The third kappa shape index (κ3) is 3.88. The number of hydrogen-bond donors (Lipinski definition) is 1. The first-order chi connectivity index (χ1) is 8.28. The molecule has 0 bridgehead atoms. The second-order valence-corrected chi connectivity index (χ2v) is 6.33. The summed E-state index contributed by atoms with van der Waals surface area (Å²) < 4.78 is 5.17. The van der Waals surface area contributed by atoms with Crippen molar-refractivity contribution >= 4 is 16.9 Å². The van der Waals surface area contributed by atoms with Crippen LogP contribution in [-0.4, -0.2) is 37.2 Å². The van der Waals surface area contributed by atoms with Crippen molar-refractivity contribution in [3.05, 3.63) is 0 Å². The first-order valence-corrected chi connectivity index (χ1v) is 7.69. The summed E-state index contributed by atoms with van der Waals surface area (Å²) in [5.74, 6) is 1.22. The van der Waals surface area contributed by atoms with Crippen molar-refractivity contribution in [2.75, 3.05) is 26.0 Å². The van der Waals surface area contributed by atoms with E-state index in [1.165, 1.54) is 43.0 Å². The van der Waals surface area contributed by atoms with Crippen molar-refractivity contribution in [3.8, 4) is 0 Å². The van der Waals surface area contributed by atoms with Crippen molar-refractivity contribution in [1.82, 2.24) is 5.32 Å². The summed E-state index contributed by atoms with van der Waals surface area (Å²) in [6.45, 7) is 4.11. The van der Waals surface area contributed by atoms with Crippen molar-refractivity contribution in [2.24, 2.45) is 10.4 Å². The zero-order chi connectivity index (χ0) is 12.1. The molecule has 1 heterocycles. The highest BCUT2D eigenvalue weighted by atomic mass is 32.2. The van der Waals surface area contributed by atoms with Gasteiger partial charge in [0.15, 0.2) is 5.17 Å². The average molecular weight is 256 g/mol. The highest BCUT2D eigenvalue weighted by Gasteiger charge is 2.41. The number of thioether (sulfide) groups is 1. The van der Waals surface area contributed by atoms with Gasteiger partial charge in [0, 0.05) is 32.1 Å². The fourth-order valence-corrected chi connectivity index (χ4v) is 3.21. The van der Waals surface area contributed by atoms with Crippen molar-refractivity contribution < 1.29 is 4.74 Å². The highest BCUT2D eigenvalue weighted by Crippen LogP contribution is 2.49. The SMILES string of the molecule is CCC1CCSC(=NCC2(CCOC)CC2)N1. The number of aliphatic imine (C=N–C) groups is 1. The minimum absolute atomic E-state index is 0.477. The lowest BCUT2D eigenvalue weighted by Gasteiger charge is -2.24. The van der Waals surface area contributed by atoms with Gasteiger partial charge in [-0.1, -0.05) is 18.7 Å². The van der Waals surface area contributed by atoms with E-state index in [1.54, 1.807) is 7.11 Å². The predicted molar refractivity (Wildman–Crippen MR) is 74.8 cm³/mol. The van der Waals surface area contributed by atoms with E-state index < -0.39 is 0 Å². The van der Waals surface area contributed by atoms with Crippen LogP contribution in [0.25, 0.3) is 0 Å². The van der Waals surface area contributed by atoms with Crippen molar-refractivity contribution in [3.63, 3.8) is 0 Å².